The first-order valence-electron chi connectivity index (χ1n) is 10.5. The van der Waals surface area contributed by atoms with Gasteiger partial charge >= 0.3 is 0 Å². The Labute approximate surface area is 175 Å². The van der Waals surface area contributed by atoms with E-state index in [9.17, 15) is 14.0 Å². The summed E-state index contributed by atoms with van der Waals surface area (Å²) in [6.07, 6.45) is 4.20. The monoisotopic (exact) mass is 411 g/mol. The molecule has 0 radical (unpaired) electrons. The molecule has 7 heteroatoms. The number of anilines is 2. The molecule has 0 saturated carbocycles. The number of nitrogens with zero attached hydrogens (tertiary/aromatic N) is 1. The zero-order valence-electron chi connectivity index (χ0n) is 16.8. The average Bonchev–Trinajstić information content (AvgIpc) is 3.46. The van der Waals surface area contributed by atoms with Gasteiger partial charge in [0.25, 0.3) is 11.8 Å². The Morgan fingerprint density at radius 2 is 1.90 bits per heavy atom. The first-order chi connectivity index (χ1) is 14.6. The van der Waals surface area contributed by atoms with Crippen molar-refractivity contribution in [3.8, 4) is 0 Å². The predicted molar refractivity (Wildman–Crippen MR) is 114 cm³/mol. The molecule has 0 unspecified atom stereocenters. The summed E-state index contributed by atoms with van der Waals surface area (Å²) >= 11 is 0. The highest BCUT2D eigenvalue weighted by atomic mass is 19.1. The van der Waals surface area contributed by atoms with Crippen LogP contribution in [0, 0.1) is 5.82 Å². The molecule has 0 aliphatic carbocycles. The molecule has 2 amide bonds. The number of hydrogen-bond donors (Lipinski definition) is 2. The Bertz CT molecular complexity index is 922. The lowest BCUT2D eigenvalue weighted by atomic mass is 10.1. The van der Waals surface area contributed by atoms with Gasteiger partial charge in [-0.1, -0.05) is 6.07 Å². The summed E-state index contributed by atoms with van der Waals surface area (Å²) in [4.78, 5) is 27.7. The number of halogens is 1. The lowest BCUT2D eigenvalue weighted by Gasteiger charge is -2.22. The average molecular weight is 411 g/mol. The second-order valence-corrected chi connectivity index (χ2v) is 7.74. The third-order valence-corrected chi connectivity index (χ3v) is 5.55. The maximum Gasteiger partial charge on any atom is 0.255 e. The van der Waals surface area contributed by atoms with Crippen molar-refractivity contribution in [1.29, 1.82) is 0 Å². The molecule has 2 heterocycles. The predicted octanol–water partition coefficient (Wildman–Crippen LogP) is 3.59. The lowest BCUT2D eigenvalue weighted by molar-refractivity contribution is 0.0858. The second-order valence-electron chi connectivity index (χ2n) is 7.74. The van der Waals surface area contributed by atoms with E-state index in [2.05, 4.69) is 15.5 Å². The van der Waals surface area contributed by atoms with Gasteiger partial charge in [0.15, 0.2) is 0 Å². The molecule has 0 bridgehead atoms. The largest absolute Gasteiger partial charge is 0.376 e. The van der Waals surface area contributed by atoms with E-state index in [1.807, 2.05) is 6.07 Å². The molecule has 1 atom stereocenters. The first kappa shape index (κ1) is 20.3. The highest BCUT2D eigenvalue weighted by Crippen LogP contribution is 2.28. The molecule has 2 aromatic carbocycles. The van der Waals surface area contributed by atoms with Gasteiger partial charge in [0.2, 0.25) is 0 Å². The molecular formula is C23H26FN3O3. The standard InChI is InChI=1S/C23H26FN3O3/c24-17-6-3-5-16(13-17)22(28)26-18-8-9-21(27-10-1-2-11-27)20(14-18)23(29)25-15-19-7-4-12-30-19/h3,5-6,8-9,13-14,19H,1-2,4,7,10-12,15H2,(H,25,29)(H,26,28)/t19-/m0/s1. The Morgan fingerprint density at radius 1 is 1.07 bits per heavy atom. The van der Waals surface area contributed by atoms with Gasteiger partial charge in [0.05, 0.1) is 11.7 Å². The highest BCUT2D eigenvalue weighted by Gasteiger charge is 2.22. The summed E-state index contributed by atoms with van der Waals surface area (Å²) in [6.45, 7) is 3.02. The summed E-state index contributed by atoms with van der Waals surface area (Å²) in [6, 6.07) is 10.9. The maximum atomic E-state index is 13.4. The number of carbonyl (C=O) groups excluding carboxylic acids is 2. The third-order valence-electron chi connectivity index (χ3n) is 5.55. The Morgan fingerprint density at radius 3 is 2.63 bits per heavy atom. The van der Waals surface area contributed by atoms with Crippen molar-refractivity contribution in [3.05, 3.63) is 59.4 Å². The van der Waals surface area contributed by atoms with Gasteiger partial charge in [-0.3, -0.25) is 9.59 Å². The highest BCUT2D eigenvalue weighted by molar-refractivity contribution is 6.06. The van der Waals surface area contributed by atoms with E-state index in [4.69, 9.17) is 4.74 Å². The van der Waals surface area contributed by atoms with Crippen LogP contribution in [-0.2, 0) is 4.74 Å². The minimum Gasteiger partial charge on any atom is -0.376 e. The van der Waals surface area contributed by atoms with E-state index in [1.165, 1.54) is 18.2 Å². The van der Waals surface area contributed by atoms with Crippen LogP contribution in [0.5, 0.6) is 0 Å². The van der Waals surface area contributed by atoms with E-state index in [-0.39, 0.29) is 17.6 Å². The van der Waals surface area contributed by atoms with Crippen LogP contribution < -0.4 is 15.5 Å². The maximum absolute atomic E-state index is 13.4. The van der Waals surface area contributed by atoms with Crippen molar-refractivity contribution in [1.82, 2.24) is 5.32 Å². The number of benzene rings is 2. The van der Waals surface area contributed by atoms with Crippen molar-refractivity contribution in [3.63, 3.8) is 0 Å². The summed E-state index contributed by atoms with van der Waals surface area (Å²) < 4.78 is 19.0. The van der Waals surface area contributed by atoms with Crippen LogP contribution >= 0.6 is 0 Å². The normalized spacial score (nSPS) is 18.4. The number of rotatable bonds is 6. The molecule has 4 rings (SSSR count). The molecule has 2 fully saturated rings. The van der Waals surface area contributed by atoms with Gasteiger partial charge < -0.3 is 20.3 Å². The van der Waals surface area contributed by atoms with Crippen LogP contribution in [0.3, 0.4) is 0 Å². The molecule has 6 nitrogen and oxygen atoms in total. The molecule has 2 aliphatic rings. The van der Waals surface area contributed by atoms with E-state index >= 15 is 0 Å². The van der Waals surface area contributed by atoms with E-state index in [1.54, 1.807) is 18.2 Å². The van der Waals surface area contributed by atoms with E-state index in [0.717, 1.165) is 51.1 Å². The minimum absolute atomic E-state index is 0.0556. The molecule has 30 heavy (non-hydrogen) atoms. The molecule has 2 aromatic rings. The zero-order chi connectivity index (χ0) is 20.9. The van der Waals surface area contributed by atoms with Crippen molar-refractivity contribution in [2.75, 3.05) is 36.5 Å². The zero-order valence-corrected chi connectivity index (χ0v) is 16.8. The third kappa shape index (κ3) is 4.79. The summed E-state index contributed by atoms with van der Waals surface area (Å²) in [7, 11) is 0. The van der Waals surface area contributed by atoms with Crippen molar-refractivity contribution in [2.45, 2.75) is 31.8 Å². The lowest BCUT2D eigenvalue weighted by Crippen LogP contribution is -2.33. The molecule has 2 aliphatic heterocycles. The van der Waals surface area contributed by atoms with Crippen molar-refractivity contribution in [2.24, 2.45) is 0 Å². The topological polar surface area (TPSA) is 70.7 Å². The van der Waals surface area contributed by atoms with Crippen LogP contribution in [0.4, 0.5) is 15.8 Å². The Hall–Kier alpha value is -2.93. The summed E-state index contributed by atoms with van der Waals surface area (Å²) in [5.41, 5.74) is 2.10. The van der Waals surface area contributed by atoms with Gasteiger partial charge in [-0.15, -0.1) is 0 Å². The minimum atomic E-state index is -0.471. The van der Waals surface area contributed by atoms with Crippen molar-refractivity contribution < 1.29 is 18.7 Å². The van der Waals surface area contributed by atoms with Gasteiger partial charge in [-0.25, -0.2) is 4.39 Å². The quantitative estimate of drug-likeness (QED) is 0.762. The second kappa shape index (κ2) is 9.26. The number of ether oxygens (including phenoxy) is 1. The Kier molecular flexibility index (Phi) is 6.28. The van der Waals surface area contributed by atoms with E-state index < -0.39 is 11.7 Å². The van der Waals surface area contributed by atoms with Gasteiger partial charge in [-0.2, -0.15) is 0 Å². The number of amides is 2. The molecule has 0 spiro atoms. The molecule has 0 aromatic heterocycles. The summed E-state index contributed by atoms with van der Waals surface area (Å²) in [5.74, 6) is -1.08. The van der Waals surface area contributed by atoms with Crippen LogP contribution in [0.15, 0.2) is 42.5 Å². The SMILES string of the molecule is O=C(Nc1ccc(N2CCCC2)c(C(=O)NC[C@@H]2CCCO2)c1)c1cccc(F)c1. The molecule has 158 valence electrons. The first-order valence-corrected chi connectivity index (χ1v) is 10.5. The van der Waals surface area contributed by atoms with E-state index in [0.29, 0.717) is 17.8 Å². The molecule has 2 N–H and O–H groups in total. The van der Waals surface area contributed by atoms with Gasteiger partial charge in [0.1, 0.15) is 5.82 Å². The fourth-order valence-corrected chi connectivity index (χ4v) is 3.97. The molecule has 2 saturated heterocycles. The number of hydrogen-bond acceptors (Lipinski definition) is 4. The number of nitrogens with one attached hydrogen (secondary N) is 2. The van der Waals surface area contributed by atoms with Gasteiger partial charge in [0, 0.05) is 43.2 Å². The fraction of sp³-hybridized carbons (Fsp3) is 0.391. The van der Waals surface area contributed by atoms with Crippen LogP contribution in [0.2, 0.25) is 0 Å². The number of carbonyl (C=O) groups is 2. The molecular weight excluding hydrogens is 385 g/mol. The fourth-order valence-electron chi connectivity index (χ4n) is 3.97. The van der Waals surface area contributed by atoms with Gasteiger partial charge in [-0.05, 0) is 62.1 Å². The van der Waals surface area contributed by atoms with Crippen LogP contribution in [-0.4, -0.2) is 44.2 Å². The summed E-state index contributed by atoms with van der Waals surface area (Å²) in [5, 5.41) is 5.74. The van der Waals surface area contributed by atoms with Crippen LogP contribution in [0.25, 0.3) is 0 Å². The smallest absolute Gasteiger partial charge is 0.255 e. The Balaban J connectivity index is 1.53. The van der Waals surface area contributed by atoms with Crippen LogP contribution in [0.1, 0.15) is 46.4 Å². The van der Waals surface area contributed by atoms with Crippen molar-refractivity contribution >= 4 is 23.2 Å².